The molecule has 0 fully saturated rings. The summed E-state index contributed by atoms with van der Waals surface area (Å²) < 4.78 is 16.9. The lowest BCUT2D eigenvalue weighted by molar-refractivity contribution is 0.307. The van der Waals surface area contributed by atoms with Gasteiger partial charge in [-0.1, -0.05) is 30.3 Å². The summed E-state index contributed by atoms with van der Waals surface area (Å²) >= 11 is 0. The lowest BCUT2D eigenvalue weighted by Gasteiger charge is -2.07. The monoisotopic (exact) mass is 290 g/mol. The van der Waals surface area contributed by atoms with Crippen LogP contribution in [0.5, 0.6) is 5.75 Å². The summed E-state index contributed by atoms with van der Waals surface area (Å²) in [6, 6.07) is 14.7. The summed E-state index contributed by atoms with van der Waals surface area (Å²) in [6.07, 6.45) is 0.841. The highest BCUT2D eigenvalue weighted by Gasteiger charge is 2.20. The largest absolute Gasteiger partial charge is 0.546 e. The highest BCUT2D eigenvalue weighted by molar-refractivity contribution is 7.47. The average molecular weight is 290 g/mol. The van der Waals surface area contributed by atoms with E-state index in [1.165, 1.54) is 5.56 Å². The molecule has 4 nitrogen and oxygen atoms in total. The van der Waals surface area contributed by atoms with E-state index in [-0.39, 0.29) is 6.61 Å². The highest BCUT2D eigenvalue weighted by atomic mass is 31.1. The van der Waals surface area contributed by atoms with Gasteiger partial charge in [0.05, 0.1) is 0 Å². The van der Waals surface area contributed by atoms with Crippen molar-refractivity contribution in [3.63, 3.8) is 0 Å². The zero-order valence-electron chi connectivity index (χ0n) is 11.0. The fraction of sp³-hybridized carbons (Fsp3) is 0.200. The van der Waals surface area contributed by atoms with Crippen molar-refractivity contribution in [2.45, 2.75) is 13.0 Å². The minimum Gasteiger partial charge on any atom is -0.489 e. The molecule has 0 aliphatic rings. The molecular weight excluding hydrogens is 273 g/mol. The van der Waals surface area contributed by atoms with Gasteiger partial charge in [-0.15, -0.1) is 0 Å². The van der Waals surface area contributed by atoms with E-state index in [2.05, 4.69) is 0 Å². The molecule has 0 aliphatic heterocycles. The van der Waals surface area contributed by atoms with Crippen molar-refractivity contribution in [3.8, 4) is 5.75 Å². The van der Waals surface area contributed by atoms with Crippen LogP contribution in [0.4, 0.5) is 0 Å². The molecular formula is C15H17NO3P+. The number of hydrogen-bond acceptors (Lipinski definition) is 3. The van der Waals surface area contributed by atoms with Gasteiger partial charge in [-0.25, -0.2) is 0 Å². The Labute approximate surface area is 119 Å². The molecule has 0 saturated heterocycles. The van der Waals surface area contributed by atoms with Gasteiger partial charge in [0.15, 0.2) is 0 Å². The predicted molar refractivity (Wildman–Crippen MR) is 79.4 cm³/mol. The van der Waals surface area contributed by atoms with E-state index >= 15 is 0 Å². The molecule has 2 aromatic rings. The smallest absolute Gasteiger partial charge is 0.489 e. The lowest BCUT2D eigenvalue weighted by Crippen LogP contribution is -2.08. The second kappa shape index (κ2) is 7.15. The van der Waals surface area contributed by atoms with Gasteiger partial charge in [-0.2, -0.15) is 4.89 Å². The Morgan fingerprint density at radius 3 is 2.45 bits per heavy atom. The van der Waals surface area contributed by atoms with Crippen LogP contribution in [0.3, 0.4) is 0 Å². The van der Waals surface area contributed by atoms with Crippen molar-refractivity contribution in [1.29, 1.82) is 0 Å². The third-order valence-electron chi connectivity index (χ3n) is 2.95. The Kier molecular flexibility index (Phi) is 5.24. The zero-order chi connectivity index (χ0) is 14.4. The first-order valence-electron chi connectivity index (χ1n) is 6.36. The second-order valence-corrected chi connectivity index (χ2v) is 5.40. The van der Waals surface area contributed by atoms with E-state index in [4.69, 9.17) is 10.5 Å². The van der Waals surface area contributed by atoms with E-state index in [1.54, 1.807) is 18.2 Å². The molecule has 0 saturated carbocycles. The molecule has 20 heavy (non-hydrogen) atoms. The molecule has 104 valence electrons. The highest BCUT2D eigenvalue weighted by Crippen LogP contribution is 2.18. The van der Waals surface area contributed by atoms with E-state index in [0.29, 0.717) is 11.8 Å². The van der Waals surface area contributed by atoms with Gasteiger partial charge in [-0.05, 0) is 41.3 Å². The van der Waals surface area contributed by atoms with Crippen molar-refractivity contribution in [2.24, 2.45) is 5.73 Å². The maximum atomic E-state index is 11.2. The maximum Gasteiger partial charge on any atom is 0.546 e. The fourth-order valence-corrected chi connectivity index (χ4v) is 2.50. The van der Waals surface area contributed by atoms with Crippen LogP contribution in [-0.2, 0) is 17.6 Å². The molecule has 2 rings (SSSR count). The summed E-state index contributed by atoms with van der Waals surface area (Å²) in [5, 5.41) is 0.419. The van der Waals surface area contributed by atoms with Gasteiger partial charge in [0.25, 0.3) is 0 Å². The summed E-state index contributed by atoms with van der Waals surface area (Å²) in [5.74, 6) is 0.730. The van der Waals surface area contributed by atoms with Gasteiger partial charge in [0.2, 0.25) is 5.30 Å². The Hall–Kier alpha value is -1.74. The van der Waals surface area contributed by atoms with Crippen LogP contribution in [0.2, 0.25) is 0 Å². The Morgan fingerprint density at radius 2 is 1.80 bits per heavy atom. The van der Waals surface area contributed by atoms with Crippen LogP contribution in [0.15, 0.2) is 48.5 Å². The van der Waals surface area contributed by atoms with Crippen molar-refractivity contribution in [1.82, 2.24) is 0 Å². The molecule has 1 atom stereocenters. The van der Waals surface area contributed by atoms with E-state index in [0.717, 1.165) is 17.7 Å². The fourth-order valence-electron chi connectivity index (χ4n) is 1.90. The Morgan fingerprint density at radius 1 is 1.10 bits per heavy atom. The van der Waals surface area contributed by atoms with Crippen LogP contribution >= 0.6 is 8.03 Å². The van der Waals surface area contributed by atoms with E-state index in [9.17, 15) is 9.46 Å². The van der Waals surface area contributed by atoms with Crippen molar-refractivity contribution in [2.75, 3.05) is 6.54 Å². The zero-order valence-corrected chi connectivity index (χ0v) is 11.9. The number of ether oxygens (including phenoxy) is 1. The standard InChI is InChI=1S/C15H16NO3P/c16-10-9-12-5-7-14(8-6-12)19-11-13-3-1-2-4-15(13)20(17)18/h1-8H,9-11,16H2/p+1. The van der Waals surface area contributed by atoms with Crippen LogP contribution in [0.25, 0.3) is 0 Å². The molecule has 1 unspecified atom stereocenters. The normalized spacial score (nSPS) is 11.2. The number of rotatable bonds is 6. The van der Waals surface area contributed by atoms with Gasteiger partial charge in [-0.3, -0.25) is 0 Å². The minimum absolute atomic E-state index is 0.272. The summed E-state index contributed by atoms with van der Waals surface area (Å²) in [7, 11) is -2.35. The first-order valence-corrected chi connectivity index (χ1v) is 7.58. The summed E-state index contributed by atoms with van der Waals surface area (Å²) in [6.45, 7) is 0.894. The third-order valence-corrected chi connectivity index (χ3v) is 3.80. The summed E-state index contributed by atoms with van der Waals surface area (Å²) in [4.78, 5) is 9.24. The van der Waals surface area contributed by atoms with Crippen LogP contribution in [-0.4, -0.2) is 11.4 Å². The SMILES string of the molecule is NCCc1ccc(OCc2ccccc2[P+](=O)O)cc1. The van der Waals surface area contributed by atoms with Gasteiger partial charge < -0.3 is 10.5 Å². The predicted octanol–water partition coefficient (Wildman–Crippen LogP) is 2.13. The number of benzene rings is 2. The summed E-state index contributed by atoms with van der Waals surface area (Å²) in [5.41, 5.74) is 7.39. The third kappa shape index (κ3) is 3.87. The molecule has 5 heteroatoms. The molecule has 0 aliphatic carbocycles. The molecule has 3 N–H and O–H groups in total. The minimum atomic E-state index is -2.35. The van der Waals surface area contributed by atoms with Crippen molar-refractivity contribution >= 4 is 13.3 Å². The van der Waals surface area contributed by atoms with Crippen LogP contribution < -0.4 is 15.8 Å². The number of nitrogens with two attached hydrogens (primary N) is 1. The first kappa shape index (κ1) is 14.7. The molecule has 0 spiro atoms. The van der Waals surface area contributed by atoms with Crippen molar-refractivity contribution < 1.29 is 14.2 Å². The maximum absolute atomic E-state index is 11.2. The molecule has 0 heterocycles. The molecule has 0 radical (unpaired) electrons. The molecule has 0 bridgehead atoms. The second-order valence-electron chi connectivity index (χ2n) is 4.37. The first-order chi connectivity index (χ1) is 9.70. The molecule has 0 amide bonds. The van der Waals surface area contributed by atoms with E-state index < -0.39 is 8.03 Å². The van der Waals surface area contributed by atoms with E-state index in [1.807, 2.05) is 30.3 Å². The molecule has 0 aromatic heterocycles. The quantitative estimate of drug-likeness (QED) is 0.799. The van der Waals surface area contributed by atoms with Crippen LogP contribution in [0, 0.1) is 0 Å². The number of hydrogen-bond donors (Lipinski definition) is 2. The van der Waals surface area contributed by atoms with Gasteiger partial charge >= 0.3 is 8.03 Å². The average Bonchev–Trinajstić information content (AvgIpc) is 2.47. The van der Waals surface area contributed by atoms with Gasteiger partial charge in [0, 0.05) is 5.56 Å². The van der Waals surface area contributed by atoms with Crippen LogP contribution in [0.1, 0.15) is 11.1 Å². The lowest BCUT2D eigenvalue weighted by atomic mass is 10.1. The topological polar surface area (TPSA) is 72.5 Å². The Balaban J connectivity index is 2.03. The van der Waals surface area contributed by atoms with Gasteiger partial charge in [0.1, 0.15) is 12.4 Å². The molecule has 2 aromatic carbocycles. The van der Waals surface area contributed by atoms with Crippen molar-refractivity contribution in [3.05, 3.63) is 59.7 Å². The Bertz CT molecular complexity index is 584.